The van der Waals surface area contributed by atoms with Gasteiger partial charge in [-0.05, 0) is 12.1 Å². The SMILES string of the molecule is O=S(=O)(c1ccccc1Cl)N1CC(N2CCNCC2)C1. The van der Waals surface area contributed by atoms with Crippen molar-refractivity contribution >= 4 is 21.6 Å². The quantitative estimate of drug-likeness (QED) is 0.888. The van der Waals surface area contributed by atoms with Gasteiger partial charge in [0.15, 0.2) is 0 Å². The van der Waals surface area contributed by atoms with Crippen LogP contribution in [0.2, 0.25) is 5.02 Å². The van der Waals surface area contributed by atoms with E-state index in [1.807, 2.05) is 0 Å². The molecule has 0 radical (unpaired) electrons. The van der Waals surface area contributed by atoms with Crippen LogP contribution in [-0.2, 0) is 10.0 Å². The van der Waals surface area contributed by atoms with E-state index in [0.717, 1.165) is 26.2 Å². The highest BCUT2D eigenvalue weighted by atomic mass is 35.5. The van der Waals surface area contributed by atoms with Crippen LogP contribution >= 0.6 is 11.6 Å². The van der Waals surface area contributed by atoms with E-state index in [-0.39, 0.29) is 9.92 Å². The van der Waals surface area contributed by atoms with Crippen LogP contribution in [0.3, 0.4) is 0 Å². The van der Waals surface area contributed by atoms with Gasteiger partial charge in [-0.1, -0.05) is 23.7 Å². The van der Waals surface area contributed by atoms with Crippen molar-refractivity contribution in [1.29, 1.82) is 0 Å². The molecule has 3 rings (SSSR count). The Balaban J connectivity index is 1.68. The van der Waals surface area contributed by atoms with Crippen molar-refractivity contribution in [2.75, 3.05) is 39.3 Å². The summed E-state index contributed by atoms with van der Waals surface area (Å²) in [5, 5.41) is 3.59. The van der Waals surface area contributed by atoms with E-state index in [9.17, 15) is 8.42 Å². The van der Waals surface area contributed by atoms with Crippen LogP contribution in [0.4, 0.5) is 0 Å². The predicted molar refractivity (Wildman–Crippen MR) is 78.4 cm³/mol. The third-order valence-corrected chi connectivity index (χ3v) is 6.28. The summed E-state index contributed by atoms with van der Waals surface area (Å²) in [6, 6.07) is 6.96. The molecule has 0 unspecified atom stereocenters. The van der Waals surface area contributed by atoms with Crippen molar-refractivity contribution in [3.05, 3.63) is 29.3 Å². The first-order valence-corrected chi connectivity index (χ1v) is 8.60. The molecule has 0 aliphatic carbocycles. The molecule has 2 heterocycles. The normalized spacial score (nSPS) is 22.6. The molecule has 1 aromatic rings. The molecule has 5 nitrogen and oxygen atoms in total. The Bertz CT molecular complexity index is 581. The Labute approximate surface area is 124 Å². The Morgan fingerprint density at radius 3 is 2.45 bits per heavy atom. The molecule has 0 aromatic heterocycles. The highest BCUT2D eigenvalue weighted by Crippen LogP contribution is 2.28. The fourth-order valence-electron chi connectivity index (χ4n) is 2.68. The lowest BCUT2D eigenvalue weighted by molar-refractivity contribution is 0.0773. The average Bonchev–Trinajstić information content (AvgIpc) is 2.38. The van der Waals surface area contributed by atoms with Gasteiger partial charge in [-0.3, -0.25) is 4.90 Å². The van der Waals surface area contributed by atoms with E-state index in [1.165, 1.54) is 4.31 Å². The number of sulfonamides is 1. The van der Waals surface area contributed by atoms with Gasteiger partial charge >= 0.3 is 0 Å². The second-order valence-corrected chi connectivity index (χ2v) is 7.51. The molecule has 0 spiro atoms. The number of benzene rings is 1. The molecule has 1 N–H and O–H groups in total. The maximum Gasteiger partial charge on any atom is 0.244 e. The van der Waals surface area contributed by atoms with E-state index in [1.54, 1.807) is 24.3 Å². The molecule has 2 saturated heterocycles. The minimum absolute atomic E-state index is 0.209. The number of nitrogens with one attached hydrogen (secondary N) is 1. The van der Waals surface area contributed by atoms with Gasteiger partial charge in [-0.2, -0.15) is 4.31 Å². The molecule has 1 aromatic carbocycles. The summed E-state index contributed by atoms with van der Waals surface area (Å²) < 4.78 is 26.5. The van der Waals surface area contributed by atoms with Crippen LogP contribution in [0.5, 0.6) is 0 Å². The van der Waals surface area contributed by atoms with Crippen molar-refractivity contribution in [3.63, 3.8) is 0 Å². The topological polar surface area (TPSA) is 52.7 Å². The highest BCUT2D eigenvalue weighted by molar-refractivity contribution is 7.89. The average molecular weight is 316 g/mol. The maximum atomic E-state index is 12.5. The van der Waals surface area contributed by atoms with Crippen LogP contribution in [0.25, 0.3) is 0 Å². The lowest BCUT2D eigenvalue weighted by Crippen LogP contribution is -2.63. The molecule has 0 atom stereocenters. The van der Waals surface area contributed by atoms with Gasteiger partial charge in [0, 0.05) is 45.3 Å². The molecular formula is C13H18ClN3O2S. The molecule has 2 fully saturated rings. The molecule has 20 heavy (non-hydrogen) atoms. The van der Waals surface area contributed by atoms with Gasteiger partial charge in [0.25, 0.3) is 0 Å². The maximum absolute atomic E-state index is 12.5. The zero-order valence-corrected chi connectivity index (χ0v) is 12.7. The number of hydrogen-bond acceptors (Lipinski definition) is 4. The van der Waals surface area contributed by atoms with Gasteiger partial charge in [-0.15, -0.1) is 0 Å². The summed E-state index contributed by atoms with van der Waals surface area (Å²) >= 11 is 5.99. The minimum atomic E-state index is -3.45. The molecule has 110 valence electrons. The highest BCUT2D eigenvalue weighted by Gasteiger charge is 2.40. The smallest absolute Gasteiger partial charge is 0.244 e. The fraction of sp³-hybridized carbons (Fsp3) is 0.538. The molecule has 7 heteroatoms. The Morgan fingerprint density at radius 1 is 1.15 bits per heavy atom. The summed E-state index contributed by atoms with van der Waals surface area (Å²) in [4.78, 5) is 2.56. The first-order chi connectivity index (χ1) is 9.59. The number of rotatable bonds is 3. The van der Waals surface area contributed by atoms with E-state index >= 15 is 0 Å². The second kappa shape index (κ2) is 5.61. The minimum Gasteiger partial charge on any atom is -0.314 e. The van der Waals surface area contributed by atoms with Crippen molar-refractivity contribution in [2.24, 2.45) is 0 Å². The van der Waals surface area contributed by atoms with E-state index < -0.39 is 10.0 Å². The molecular weight excluding hydrogens is 298 g/mol. The summed E-state index contributed by atoms with van der Waals surface area (Å²) in [6.07, 6.45) is 0. The fourth-order valence-corrected chi connectivity index (χ4v) is 4.69. The Kier molecular flexibility index (Phi) is 4.01. The molecule has 0 bridgehead atoms. The third-order valence-electron chi connectivity index (χ3n) is 3.95. The monoisotopic (exact) mass is 315 g/mol. The lowest BCUT2D eigenvalue weighted by Gasteiger charge is -2.45. The zero-order valence-electron chi connectivity index (χ0n) is 11.1. The van der Waals surface area contributed by atoms with Crippen LogP contribution in [0.15, 0.2) is 29.2 Å². The molecule has 0 amide bonds. The van der Waals surface area contributed by atoms with Crippen molar-refractivity contribution in [1.82, 2.24) is 14.5 Å². The van der Waals surface area contributed by atoms with Crippen LogP contribution < -0.4 is 5.32 Å². The largest absolute Gasteiger partial charge is 0.314 e. The number of piperazine rings is 1. The summed E-state index contributed by atoms with van der Waals surface area (Å²) in [7, 11) is -3.45. The van der Waals surface area contributed by atoms with Gasteiger partial charge in [0.05, 0.1) is 5.02 Å². The summed E-state index contributed by atoms with van der Waals surface area (Å²) in [5.74, 6) is 0. The summed E-state index contributed by atoms with van der Waals surface area (Å²) in [6.45, 7) is 5.07. The Morgan fingerprint density at radius 2 is 1.80 bits per heavy atom. The molecule has 2 aliphatic rings. The van der Waals surface area contributed by atoms with Crippen molar-refractivity contribution in [2.45, 2.75) is 10.9 Å². The standard InChI is InChI=1S/C13H18ClN3O2S/c14-12-3-1-2-4-13(12)20(18,19)17-9-11(10-17)16-7-5-15-6-8-16/h1-4,11,15H,5-10H2. The zero-order chi connectivity index (χ0) is 14.2. The van der Waals surface area contributed by atoms with Crippen LogP contribution in [0, 0.1) is 0 Å². The van der Waals surface area contributed by atoms with Gasteiger partial charge in [-0.25, -0.2) is 8.42 Å². The number of halogens is 1. The van der Waals surface area contributed by atoms with E-state index in [2.05, 4.69) is 10.2 Å². The molecule has 2 aliphatic heterocycles. The second-order valence-electron chi connectivity index (χ2n) is 5.19. The van der Waals surface area contributed by atoms with E-state index in [0.29, 0.717) is 19.1 Å². The van der Waals surface area contributed by atoms with Gasteiger partial charge < -0.3 is 5.32 Å². The van der Waals surface area contributed by atoms with Crippen LogP contribution in [0.1, 0.15) is 0 Å². The predicted octanol–water partition coefficient (Wildman–Crippen LogP) is 0.618. The van der Waals surface area contributed by atoms with Gasteiger partial charge in [0.1, 0.15) is 4.90 Å². The lowest BCUT2D eigenvalue weighted by atomic mass is 10.1. The number of nitrogens with zero attached hydrogens (tertiary/aromatic N) is 2. The van der Waals surface area contributed by atoms with E-state index in [4.69, 9.17) is 11.6 Å². The number of hydrogen-bond donors (Lipinski definition) is 1. The third kappa shape index (κ3) is 2.58. The Hall–Kier alpha value is -0.660. The molecule has 0 saturated carbocycles. The van der Waals surface area contributed by atoms with Crippen molar-refractivity contribution < 1.29 is 8.42 Å². The van der Waals surface area contributed by atoms with Crippen molar-refractivity contribution in [3.8, 4) is 0 Å². The summed E-state index contributed by atoms with van der Waals surface area (Å²) in [5.41, 5.74) is 0. The first kappa shape index (κ1) is 14.3. The first-order valence-electron chi connectivity index (χ1n) is 6.78. The van der Waals surface area contributed by atoms with Crippen LogP contribution in [-0.4, -0.2) is 62.9 Å². The van der Waals surface area contributed by atoms with Gasteiger partial charge in [0.2, 0.25) is 10.0 Å².